The molecule has 3 aromatic rings. The van der Waals surface area contributed by atoms with Crippen LogP contribution in [0.15, 0.2) is 39.1 Å². The van der Waals surface area contributed by atoms with Gasteiger partial charge < -0.3 is 26.1 Å². The van der Waals surface area contributed by atoms with Crippen molar-refractivity contribution in [3.63, 3.8) is 0 Å². The largest absolute Gasteiger partial charge is 0.477 e. The van der Waals surface area contributed by atoms with E-state index in [1.807, 2.05) is 5.43 Å². The van der Waals surface area contributed by atoms with Crippen LogP contribution in [0.2, 0.25) is 0 Å². The molecule has 0 spiro atoms. The minimum Gasteiger partial charge on any atom is -0.477 e. The number of carbonyl (C=O) groups excluding carboxylic acids is 3. The molecule has 0 aromatic carbocycles. The van der Waals surface area contributed by atoms with Gasteiger partial charge in [-0.3, -0.25) is 24.7 Å². The molecule has 21 heteroatoms. The first-order valence-electron chi connectivity index (χ1n) is 13.2. The van der Waals surface area contributed by atoms with Crippen molar-refractivity contribution in [1.82, 2.24) is 35.2 Å². The van der Waals surface area contributed by atoms with Crippen LogP contribution in [0.1, 0.15) is 28.7 Å². The Morgan fingerprint density at radius 3 is 2.70 bits per heavy atom. The predicted molar refractivity (Wildman–Crippen MR) is 166 cm³/mol. The van der Waals surface area contributed by atoms with Gasteiger partial charge in [0.25, 0.3) is 17.7 Å². The zero-order valence-corrected chi connectivity index (χ0v) is 26.4. The van der Waals surface area contributed by atoms with Gasteiger partial charge in [-0.1, -0.05) is 5.16 Å². The number of rotatable bonds is 12. The standard InChI is InChI=1S/C25H26N10O8S3/c1-10-3-15(35-18(30-10)13(5-28-35)21(38)39)44-7-11-8-45-20-16(19(37)34(20)17(11)22(40)41)32-14(36)6-29-43-25(2,23(42)33-27)4-12-9-46-24(26)31-12/h3,5-6,9,16,20H,4,7-8,27H2,1-2H3,(H2,26,31)(H,32,36)(H,33,42)(H,38,39)(H,40,41)/b29-6+. The Bertz CT molecular complexity index is 1820. The number of hydrazine groups is 1. The van der Waals surface area contributed by atoms with Crippen LogP contribution >= 0.6 is 34.9 Å². The maximum Gasteiger partial charge on any atom is 0.352 e. The van der Waals surface area contributed by atoms with E-state index >= 15 is 0 Å². The van der Waals surface area contributed by atoms with Crippen LogP contribution in [-0.2, 0) is 30.4 Å². The SMILES string of the molecule is Cc1cc(SCC2=C(C(=O)O)N3C(=O)C(NC(=O)/C=N/OC(C)(Cc4csc(N)n4)C(=O)NN)C3SC2)n2ncc(C(=O)O)c2n1. The number of carboxylic acid groups (broad SMARTS) is 2. The van der Waals surface area contributed by atoms with Crippen LogP contribution in [0, 0.1) is 6.92 Å². The van der Waals surface area contributed by atoms with E-state index in [1.54, 1.807) is 18.4 Å². The number of aromatic carboxylic acids is 1. The number of β-lactam (4-membered cyclic amide) rings is 1. The number of carbonyl (C=O) groups is 5. The summed E-state index contributed by atoms with van der Waals surface area (Å²) in [7, 11) is 0. The van der Waals surface area contributed by atoms with E-state index in [0.29, 0.717) is 22.0 Å². The second-order valence-electron chi connectivity index (χ2n) is 10.2. The second-order valence-corrected chi connectivity index (χ2v) is 13.2. The Labute approximate surface area is 271 Å². The molecule has 2 aliphatic rings. The lowest BCUT2D eigenvalue weighted by Crippen LogP contribution is -2.70. The minimum absolute atomic E-state index is 0.0562. The molecule has 0 radical (unpaired) electrons. The van der Waals surface area contributed by atoms with E-state index in [1.165, 1.54) is 52.5 Å². The first-order valence-corrected chi connectivity index (χ1v) is 16.1. The lowest BCUT2D eigenvalue weighted by molar-refractivity contribution is -0.150. The molecule has 3 amide bonds. The van der Waals surface area contributed by atoms with Gasteiger partial charge in [0.1, 0.15) is 33.9 Å². The third kappa shape index (κ3) is 6.34. The number of nitrogen functional groups attached to an aromatic ring is 1. The van der Waals surface area contributed by atoms with Gasteiger partial charge in [0.15, 0.2) is 10.8 Å². The van der Waals surface area contributed by atoms with Gasteiger partial charge in [0, 0.05) is 29.0 Å². The van der Waals surface area contributed by atoms with Gasteiger partial charge in [-0.15, -0.1) is 34.9 Å². The first-order chi connectivity index (χ1) is 21.8. The summed E-state index contributed by atoms with van der Waals surface area (Å²) in [6, 6.07) is 0.659. The van der Waals surface area contributed by atoms with Crippen LogP contribution in [0.4, 0.5) is 5.13 Å². The van der Waals surface area contributed by atoms with Crippen molar-refractivity contribution >= 4 is 81.5 Å². The van der Waals surface area contributed by atoms with Crippen molar-refractivity contribution < 1.29 is 39.0 Å². The molecule has 0 bridgehead atoms. The van der Waals surface area contributed by atoms with Crippen LogP contribution in [0.5, 0.6) is 0 Å². The molecule has 3 unspecified atom stereocenters. The number of fused-ring (bicyclic) bond motifs is 2. The molecular weight excluding hydrogens is 665 g/mol. The van der Waals surface area contributed by atoms with Gasteiger partial charge in [0.2, 0.25) is 5.60 Å². The van der Waals surface area contributed by atoms with E-state index in [0.717, 1.165) is 11.1 Å². The molecule has 1 saturated heterocycles. The highest BCUT2D eigenvalue weighted by Crippen LogP contribution is 2.41. The number of aliphatic carboxylic acids is 1. The number of carboxylic acids is 2. The van der Waals surface area contributed by atoms with Crippen molar-refractivity contribution in [3.05, 3.63) is 45.9 Å². The number of thiazole rings is 1. The molecule has 0 aliphatic carbocycles. The predicted octanol–water partition coefficient (Wildman–Crippen LogP) is -0.401. The van der Waals surface area contributed by atoms with Crippen molar-refractivity contribution in [3.8, 4) is 0 Å². The van der Waals surface area contributed by atoms with Gasteiger partial charge in [-0.25, -0.2) is 29.9 Å². The molecule has 5 heterocycles. The number of nitrogens with one attached hydrogen (secondary N) is 2. The number of anilines is 1. The van der Waals surface area contributed by atoms with Crippen LogP contribution in [-0.4, -0.2) is 99.1 Å². The molecule has 8 N–H and O–H groups in total. The van der Waals surface area contributed by atoms with Crippen molar-refractivity contribution in [2.75, 3.05) is 17.2 Å². The highest BCUT2D eigenvalue weighted by Gasteiger charge is 2.54. The summed E-state index contributed by atoms with van der Waals surface area (Å²) < 4.78 is 1.37. The monoisotopic (exact) mass is 690 g/mol. The van der Waals surface area contributed by atoms with Gasteiger partial charge in [-0.05, 0) is 25.5 Å². The van der Waals surface area contributed by atoms with Gasteiger partial charge >= 0.3 is 11.9 Å². The van der Waals surface area contributed by atoms with E-state index in [2.05, 4.69) is 25.5 Å². The number of aromatic nitrogens is 4. The summed E-state index contributed by atoms with van der Waals surface area (Å²) in [6.45, 7) is 3.09. The number of hydrogen-bond donors (Lipinski definition) is 6. The minimum atomic E-state index is -1.64. The first kappa shape index (κ1) is 32.7. The van der Waals surface area contributed by atoms with Crippen molar-refractivity contribution in [2.45, 2.75) is 42.3 Å². The molecule has 1 fully saturated rings. The summed E-state index contributed by atoms with van der Waals surface area (Å²) in [6.07, 6.45) is 1.88. The lowest BCUT2D eigenvalue weighted by Gasteiger charge is -2.49. The normalized spacial score (nSPS) is 19.0. The van der Waals surface area contributed by atoms with E-state index < -0.39 is 46.7 Å². The Hall–Kier alpha value is -4.73. The van der Waals surface area contributed by atoms with Crippen molar-refractivity contribution in [2.24, 2.45) is 11.0 Å². The Morgan fingerprint density at radius 2 is 2.04 bits per heavy atom. The smallest absolute Gasteiger partial charge is 0.352 e. The molecule has 242 valence electrons. The topological polar surface area (TPSA) is 270 Å². The van der Waals surface area contributed by atoms with E-state index in [9.17, 15) is 34.2 Å². The Morgan fingerprint density at radius 1 is 1.28 bits per heavy atom. The van der Waals surface area contributed by atoms with E-state index in [4.69, 9.17) is 16.4 Å². The van der Waals surface area contributed by atoms with E-state index in [-0.39, 0.29) is 40.0 Å². The average Bonchev–Trinajstić information content (AvgIpc) is 3.62. The summed E-state index contributed by atoms with van der Waals surface area (Å²) in [5.41, 5.74) is 7.33. The van der Waals surface area contributed by atoms with Crippen LogP contribution in [0.3, 0.4) is 0 Å². The maximum atomic E-state index is 13.1. The zero-order chi connectivity index (χ0) is 33.3. The molecular formula is C25H26N10O8S3. The molecule has 46 heavy (non-hydrogen) atoms. The molecule has 3 aromatic heterocycles. The molecule has 3 atom stereocenters. The second kappa shape index (κ2) is 12.9. The Kier molecular flexibility index (Phi) is 9.19. The van der Waals surface area contributed by atoms with Gasteiger partial charge in [-0.2, -0.15) is 5.10 Å². The fourth-order valence-electron chi connectivity index (χ4n) is 4.70. The van der Waals surface area contributed by atoms with Gasteiger partial charge in [0.05, 0.1) is 11.9 Å². The summed E-state index contributed by atoms with van der Waals surface area (Å²) in [5.74, 6) is 1.01. The number of nitrogens with two attached hydrogens (primary N) is 2. The molecule has 0 saturated carbocycles. The third-order valence-electron chi connectivity index (χ3n) is 6.86. The number of hydrogen-bond acceptors (Lipinski definition) is 15. The fourth-order valence-corrected chi connectivity index (χ4v) is 7.80. The Balaban J connectivity index is 1.25. The molecule has 2 aliphatic heterocycles. The maximum absolute atomic E-state index is 13.1. The highest BCUT2D eigenvalue weighted by molar-refractivity contribution is 8.01. The quantitative estimate of drug-likeness (QED) is 0.0268. The lowest BCUT2D eigenvalue weighted by atomic mass is 10.00. The number of amides is 3. The number of nitrogens with zero attached hydrogens (tertiary/aromatic N) is 6. The zero-order valence-electron chi connectivity index (χ0n) is 24.0. The number of oxime groups is 1. The molecule has 18 nitrogen and oxygen atoms in total. The highest BCUT2D eigenvalue weighted by atomic mass is 32.2. The summed E-state index contributed by atoms with van der Waals surface area (Å²) >= 11 is 3.66. The third-order valence-corrected chi connectivity index (χ3v) is 10.0. The fraction of sp³-hybridized carbons (Fsp3) is 0.320. The summed E-state index contributed by atoms with van der Waals surface area (Å²) in [5, 5.41) is 31.4. The number of thioether (sulfide) groups is 2. The number of aryl methyl sites for hydroxylation is 1. The van der Waals surface area contributed by atoms with Crippen LogP contribution in [0.25, 0.3) is 5.65 Å². The average molecular weight is 691 g/mol. The molecule has 5 rings (SSSR count). The van der Waals surface area contributed by atoms with Crippen LogP contribution < -0.4 is 22.3 Å². The van der Waals surface area contributed by atoms with Crippen molar-refractivity contribution in [1.29, 1.82) is 0 Å². The summed E-state index contributed by atoms with van der Waals surface area (Å²) in [4.78, 5) is 76.7.